The fraction of sp³-hybridized carbons (Fsp3) is 0.625. The lowest BCUT2D eigenvalue weighted by Gasteiger charge is -2.25. The van der Waals surface area contributed by atoms with E-state index in [2.05, 4.69) is 16.7 Å². The van der Waals surface area contributed by atoms with Gasteiger partial charge in [-0.05, 0) is 31.5 Å². The number of ether oxygens (including phenoxy) is 3. The molecular formula is C16H25NO3S. The molecule has 118 valence electrons. The first-order chi connectivity index (χ1) is 10.3. The Bertz CT molecular complexity index is 400. The molecule has 0 radical (unpaired) electrons. The van der Waals surface area contributed by atoms with E-state index in [1.807, 2.05) is 18.2 Å². The summed E-state index contributed by atoms with van der Waals surface area (Å²) in [5.41, 5.74) is 0. The van der Waals surface area contributed by atoms with E-state index in [-0.39, 0.29) is 0 Å². The second kappa shape index (κ2) is 9.05. The zero-order chi connectivity index (χ0) is 14.9. The summed E-state index contributed by atoms with van der Waals surface area (Å²) in [7, 11) is 3.30. The van der Waals surface area contributed by atoms with Crippen molar-refractivity contribution in [3.8, 4) is 17.2 Å². The van der Waals surface area contributed by atoms with Crippen molar-refractivity contribution in [1.82, 2.24) is 4.90 Å². The Kier molecular flexibility index (Phi) is 7.03. The molecule has 1 aliphatic heterocycles. The summed E-state index contributed by atoms with van der Waals surface area (Å²) >= 11 is 2.05. The maximum Gasteiger partial charge on any atom is 0.203 e. The Balaban J connectivity index is 1.72. The lowest BCUT2D eigenvalue weighted by atomic mass is 10.2. The van der Waals surface area contributed by atoms with E-state index >= 15 is 0 Å². The molecule has 1 saturated heterocycles. The zero-order valence-corrected chi connectivity index (χ0v) is 13.8. The van der Waals surface area contributed by atoms with Gasteiger partial charge < -0.3 is 19.1 Å². The first-order valence-electron chi connectivity index (χ1n) is 7.49. The molecular weight excluding hydrogens is 286 g/mol. The van der Waals surface area contributed by atoms with Gasteiger partial charge in [0, 0.05) is 24.6 Å². The van der Waals surface area contributed by atoms with Crippen molar-refractivity contribution >= 4 is 11.8 Å². The summed E-state index contributed by atoms with van der Waals surface area (Å²) in [6.45, 7) is 4.32. The molecule has 1 aromatic rings. The quantitative estimate of drug-likeness (QED) is 0.689. The molecule has 0 N–H and O–H groups in total. The largest absolute Gasteiger partial charge is 0.493 e. The van der Waals surface area contributed by atoms with Crippen molar-refractivity contribution in [3.63, 3.8) is 0 Å². The van der Waals surface area contributed by atoms with Crippen molar-refractivity contribution in [3.05, 3.63) is 18.2 Å². The van der Waals surface area contributed by atoms with Gasteiger partial charge in [-0.1, -0.05) is 6.07 Å². The van der Waals surface area contributed by atoms with Gasteiger partial charge in [-0.25, -0.2) is 0 Å². The summed E-state index contributed by atoms with van der Waals surface area (Å²) in [4.78, 5) is 2.54. The van der Waals surface area contributed by atoms with Crippen molar-refractivity contribution in [2.24, 2.45) is 0 Å². The molecule has 0 atom stereocenters. The summed E-state index contributed by atoms with van der Waals surface area (Å²) in [6.07, 6.45) is 2.22. The van der Waals surface area contributed by atoms with E-state index in [1.165, 1.54) is 37.6 Å². The van der Waals surface area contributed by atoms with Gasteiger partial charge in [-0.15, -0.1) is 0 Å². The van der Waals surface area contributed by atoms with Gasteiger partial charge in [-0.2, -0.15) is 11.8 Å². The van der Waals surface area contributed by atoms with E-state index in [4.69, 9.17) is 14.2 Å². The minimum absolute atomic E-state index is 0.694. The van der Waals surface area contributed by atoms with E-state index in [0.717, 1.165) is 17.9 Å². The van der Waals surface area contributed by atoms with Crippen LogP contribution in [0.5, 0.6) is 17.2 Å². The van der Waals surface area contributed by atoms with Crippen LogP contribution in [-0.4, -0.2) is 56.9 Å². The lowest BCUT2D eigenvalue weighted by Crippen LogP contribution is -2.33. The molecule has 0 amide bonds. The topological polar surface area (TPSA) is 30.9 Å². The van der Waals surface area contributed by atoms with Crippen LogP contribution in [0.2, 0.25) is 0 Å². The molecule has 1 fully saturated rings. The van der Waals surface area contributed by atoms with Crippen LogP contribution in [0.1, 0.15) is 12.8 Å². The van der Waals surface area contributed by atoms with Gasteiger partial charge in [0.1, 0.15) is 0 Å². The van der Waals surface area contributed by atoms with Crippen molar-refractivity contribution in [1.29, 1.82) is 0 Å². The first kappa shape index (κ1) is 16.3. The summed E-state index contributed by atoms with van der Waals surface area (Å²) in [6, 6.07) is 5.69. The van der Waals surface area contributed by atoms with Gasteiger partial charge in [0.05, 0.1) is 20.8 Å². The Labute approximate surface area is 131 Å². The van der Waals surface area contributed by atoms with Gasteiger partial charge in [0.25, 0.3) is 0 Å². The first-order valence-corrected chi connectivity index (χ1v) is 8.64. The van der Waals surface area contributed by atoms with Gasteiger partial charge >= 0.3 is 0 Å². The molecule has 2 rings (SSSR count). The van der Waals surface area contributed by atoms with Crippen molar-refractivity contribution in [2.45, 2.75) is 12.8 Å². The normalized spacial score (nSPS) is 15.7. The summed E-state index contributed by atoms with van der Waals surface area (Å²) < 4.78 is 16.5. The minimum Gasteiger partial charge on any atom is -0.493 e. The predicted molar refractivity (Wildman–Crippen MR) is 88.0 cm³/mol. The molecule has 0 unspecified atom stereocenters. The number of methoxy groups -OCH3 is 2. The van der Waals surface area contributed by atoms with Gasteiger partial charge in [0.15, 0.2) is 11.5 Å². The Morgan fingerprint density at radius 3 is 2.33 bits per heavy atom. The van der Waals surface area contributed by atoms with E-state index in [0.29, 0.717) is 12.4 Å². The molecule has 0 spiro atoms. The van der Waals surface area contributed by atoms with Crippen LogP contribution in [0.25, 0.3) is 0 Å². The van der Waals surface area contributed by atoms with Crippen LogP contribution in [0.15, 0.2) is 18.2 Å². The average molecular weight is 311 g/mol. The monoisotopic (exact) mass is 311 g/mol. The molecule has 1 aromatic carbocycles. The average Bonchev–Trinajstić information content (AvgIpc) is 2.55. The second-order valence-corrected chi connectivity index (χ2v) is 6.23. The lowest BCUT2D eigenvalue weighted by molar-refractivity contribution is 0.249. The third kappa shape index (κ3) is 5.00. The van der Waals surface area contributed by atoms with Gasteiger partial charge in [0.2, 0.25) is 5.75 Å². The molecule has 1 aliphatic rings. The van der Waals surface area contributed by atoms with Gasteiger partial charge in [-0.3, -0.25) is 0 Å². The maximum atomic E-state index is 5.87. The van der Waals surface area contributed by atoms with Crippen LogP contribution < -0.4 is 14.2 Å². The third-order valence-corrected chi connectivity index (χ3v) is 4.54. The SMILES string of the molecule is COc1cccc(OC)c1OCCCCN1CCSCC1. The third-order valence-electron chi connectivity index (χ3n) is 3.60. The van der Waals surface area contributed by atoms with Crippen LogP contribution in [-0.2, 0) is 0 Å². The Hall–Kier alpha value is -1.07. The number of hydrogen-bond donors (Lipinski definition) is 0. The fourth-order valence-corrected chi connectivity index (χ4v) is 3.37. The second-order valence-electron chi connectivity index (χ2n) is 5.00. The molecule has 4 nitrogen and oxygen atoms in total. The highest BCUT2D eigenvalue weighted by Crippen LogP contribution is 2.36. The van der Waals surface area contributed by atoms with Crippen molar-refractivity contribution < 1.29 is 14.2 Å². The highest BCUT2D eigenvalue weighted by atomic mass is 32.2. The predicted octanol–water partition coefficient (Wildman–Crippen LogP) is 2.91. The fourth-order valence-electron chi connectivity index (χ4n) is 2.40. The minimum atomic E-state index is 0.694. The Morgan fingerprint density at radius 2 is 1.71 bits per heavy atom. The number of rotatable bonds is 8. The van der Waals surface area contributed by atoms with Crippen LogP contribution in [0.4, 0.5) is 0 Å². The molecule has 1 heterocycles. The van der Waals surface area contributed by atoms with Crippen LogP contribution in [0, 0.1) is 0 Å². The standard InChI is InChI=1S/C16H25NO3S/c1-18-14-6-5-7-15(19-2)16(14)20-11-4-3-8-17-9-12-21-13-10-17/h5-7H,3-4,8-13H2,1-2H3. The number of thioether (sulfide) groups is 1. The number of hydrogen-bond acceptors (Lipinski definition) is 5. The number of para-hydroxylation sites is 1. The molecule has 21 heavy (non-hydrogen) atoms. The maximum absolute atomic E-state index is 5.87. The molecule has 0 saturated carbocycles. The van der Waals surface area contributed by atoms with E-state index < -0.39 is 0 Å². The summed E-state index contributed by atoms with van der Waals surface area (Å²) in [5.74, 6) is 4.70. The van der Waals surface area contributed by atoms with Crippen LogP contribution in [0.3, 0.4) is 0 Å². The number of nitrogens with zero attached hydrogens (tertiary/aromatic N) is 1. The summed E-state index contributed by atoms with van der Waals surface area (Å²) in [5, 5.41) is 0. The van der Waals surface area contributed by atoms with E-state index in [9.17, 15) is 0 Å². The molecule has 0 aliphatic carbocycles. The molecule has 0 bridgehead atoms. The highest BCUT2D eigenvalue weighted by molar-refractivity contribution is 7.99. The zero-order valence-electron chi connectivity index (χ0n) is 13.0. The highest BCUT2D eigenvalue weighted by Gasteiger charge is 2.12. The number of unbranched alkanes of at least 4 members (excludes halogenated alkanes) is 1. The van der Waals surface area contributed by atoms with Crippen LogP contribution >= 0.6 is 11.8 Å². The smallest absolute Gasteiger partial charge is 0.203 e. The molecule has 5 heteroatoms. The molecule has 0 aromatic heterocycles. The van der Waals surface area contributed by atoms with E-state index in [1.54, 1.807) is 14.2 Å². The Morgan fingerprint density at radius 1 is 1.05 bits per heavy atom. The number of benzene rings is 1. The van der Waals surface area contributed by atoms with Crippen molar-refractivity contribution in [2.75, 3.05) is 52.0 Å².